The Morgan fingerprint density at radius 3 is 2.73 bits per heavy atom. The van der Waals surface area contributed by atoms with E-state index in [1.807, 2.05) is 18.3 Å². The van der Waals surface area contributed by atoms with E-state index in [4.69, 9.17) is 4.52 Å². The molecule has 2 N–H and O–H groups in total. The number of nitrogens with one attached hydrogen (secondary N) is 1. The second kappa shape index (κ2) is 8.51. The predicted molar refractivity (Wildman–Crippen MR) is 126 cm³/mol. The minimum Gasteiger partial charge on any atom is -0.373 e. The molecule has 1 atom stereocenters. The molecule has 1 aliphatic rings. The Balaban J connectivity index is 1.37. The Bertz CT molecular complexity index is 1320. The van der Waals surface area contributed by atoms with E-state index in [0.717, 1.165) is 5.56 Å². The highest BCUT2D eigenvalue weighted by Gasteiger charge is 2.48. The maximum atomic E-state index is 12.3. The third kappa shape index (κ3) is 4.18. The van der Waals surface area contributed by atoms with Crippen LogP contribution in [0.2, 0.25) is 0 Å². The summed E-state index contributed by atoms with van der Waals surface area (Å²) >= 11 is 2.08. The Labute approximate surface area is 202 Å². The first kappa shape index (κ1) is 21.5. The summed E-state index contributed by atoms with van der Waals surface area (Å²) in [4.78, 5) is 27.3. The monoisotopic (exact) mass is 558 g/mol. The first-order valence-electron chi connectivity index (χ1n) is 10.1. The number of amides is 1. The standard InChI is InChI=1S/C21H19IN8O3/c1-29-8-6-21(32,19(29)31)18-9-17(28-33-18)15-4-2-3-14(26-15)16-5-7-23-20(27-16)24-10-13-11-25-30(22)12-13/h2-5,7,9,11-12,32H,6,8,10H2,1H3,(H,23,24,27)/t21-/m1/s1. The number of halogens is 1. The highest BCUT2D eigenvalue weighted by molar-refractivity contribution is 14.1. The molecule has 0 bridgehead atoms. The molecular weight excluding hydrogens is 539 g/mol. The Kier molecular flexibility index (Phi) is 5.54. The van der Waals surface area contributed by atoms with Crippen LogP contribution in [0.15, 0.2) is 53.4 Å². The molecular formula is C21H19IN8O3. The molecule has 0 radical (unpaired) electrons. The van der Waals surface area contributed by atoms with Crippen LogP contribution in [0.4, 0.5) is 5.95 Å². The molecule has 0 unspecified atom stereocenters. The maximum Gasteiger partial charge on any atom is 0.262 e. The van der Waals surface area contributed by atoms with Gasteiger partial charge in [-0.25, -0.2) is 17.8 Å². The predicted octanol–water partition coefficient (Wildman–Crippen LogP) is 2.25. The molecule has 1 amide bonds. The number of anilines is 1. The van der Waals surface area contributed by atoms with Crippen molar-refractivity contribution in [3.8, 4) is 22.8 Å². The molecule has 1 fully saturated rings. The maximum absolute atomic E-state index is 12.3. The van der Waals surface area contributed by atoms with Crippen molar-refractivity contribution in [3.05, 3.63) is 60.2 Å². The van der Waals surface area contributed by atoms with Gasteiger partial charge < -0.3 is 19.8 Å². The molecule has 33 heavy (non-hydrogen) atoms. The topological polar surface area (TPSA) is 135 Å². The molecule has 168 valence electrons. The van der Waals surface area contributed by atoms with Crippen LogP contribution in [0.1, 0.15) is 17.7 Å². The average Bonchev–Trinajstić information content (AvgIpc) is 3.55. The van der Waals surface area contributed by atoms with Crippen LogP contribution in [0.3, 0.4) is 0 Å². The van der Waals surface area contributed by atoms with Gasteiger partial charge in [0.1, 0.15) is 5.69 Å². The SMILES string of the molecule is CN1CC[C@@](O)(c2cc(-c3cccc(-c4ccnc(NCc5cnn(I)c5)n4)n3)no2)C1=O. The van der Waals surface area contributed by atoms with Crippen molar-refractivity contribution < 1.29 is 14.4 Å². The third-order valence-corrected chi connectivity index (χ3v) is 5.94. The normalized spacial score (nSPS) is 18.2. The molecule has 0 saturated carbocycles. The number of pyridine rings is 1. The fraction of sp³-hybridized carbons (Fsp3) is 0.238. The van der Waals surface area contributed by atoms with E-state index in [1.165, 1.54) is 4.90 Å². The number of nitrogens with zero attached hydrogens (tertiary/aromatic N) is 7. The average molecular weight is 558 g/mol. The summed E-state index contributed by atoms with van der Waals surface area (Å²) in [7, 11) is 1.64. The van der Waals surface area contributed by atoms with Crippen molar-refractivity contribution in [2.24, 2.45) is 0 Å². The van der Waals surface area contributed by atoms with Gasteiger partial charge in [-0.05, 0) is 18.2 Å². The van der Waals surface area contributed by atoms with Crippen LogP contribution < -0.4 is 5.32 Å². The highest BCUT2D eigenvalue weighted by Crippen LogP contribution is 2.34. The molecule has 11 nitrogen and oxygen atoms in total. The molecule has 0 aliphatic carbocycles. The molecule has 0 aromatic carbocycles. The number of rotatable bonds is 6. The quantitative estimate of drug-likeness (QED) is 0.342. The molecule has 1 saturated heterocycles. The fourth-order valence-corrected chi connectivity index (χ4v) is 4.07. The molecule has 12 heteroatoms. The lowest BCUT2D eigenvalue weighted by Crippen LogP contribution is -2.35. The van der Waals surface area contributed by atoms with E-state index in [-0.39, 0.29) is 12.2 Å². The first-order valence-corrected chi connectivity index (χ1v) is 11.1. The number of aromatic nitrogens is 6. The number of carbonyl (C=O) groups is 1. The van der Waals surface area contributed by atoms with Crippen LogP contribution in [0, 0.1) is 0 Å². The number of likely N-dealkylation sites (N-methyl/N-ethyl adjacent to an activating group) is 1. The van der Waals surface area contributed by atoms with Gasteiger partial charge in [0.2, 0.25) is 11.5 Å². The van der Waals surface area contributed by atoms with E-state index < -0.39 is 11.5 Å². The van der Waals surface area contributed by atoms with Gasteiger partial charge in [-0.1, -0.05) is 11.2 Å². The number of carbonyl (C=O) groups excluding carboxylic acids is 1. The summed E-state index contributed by atoms with van der Waals surface area (Å²) in [5.41, 5.74) is 1.53. The van der Waals surface area contributed by atoms with E-state index >= 15 is 0 Å². The molecule has 5 heterocycles. The third-order valence-electron chi connectivity index (χ3n) is 5.41. The fourth-order valence-electron chi connectivity index (χ4n) is 3.58. The lowest BCUT2D eigenvalue weighted by Gasteiger charge is -2.16. The smallest absolute Gasteiger partial charge is 0.262 e. The van der Waals surface area contributed by atoms with Gasteiger partial charge in [0.15, 0.2) is 5.76 Å². The van der Waals surface area contributed by atoms with Crippen LogP contribution in [0.5, 0.6) is 0 Å². The zero-order valence-electron chi connectivity index (χ0n) is 17.5. The second-order valence-electron chi connectivity index (χ2n) is 7.68. The Morgan fingerprint density at radius 1 is 1.21 bits per heavy atom. The van der Waals surface area contributed by atoms with E-state index in [9.17, 15) is 9.90 Å². The van der Waals surface area contributed by atoms with E-state index in [2.05, 4.69) is 53.4 Å². The summed E-state index contributed by atoms with van der Waals surface area (Å²) in [6, 6.07) is 8.77. The highest BCUT2D eigenvalue weighted by atomic mass is 127. The minimum atomic E-state index is -1.70. The van der Waals surface area contributed by atoms with Crippen LogP contribution in [0.25, 0.3) is 22.8 Å². The summed E-state index contributed by atoms with van der Waals surface area (Å²) in [5, 5.41) is 22.1. The van der Waals surface area contributed by atoms with Gasteiger partial charge in [0, 0.05) is 50.6 Å². The number of hydrogen-bond donors (Lipinski definition) is 2. The van der Waals surface area contributed by atoms with Gasteiger partial charge in [-0.15, -0.1) is 0 Å². The van der Waals surface area contributed by atoms with Crippen molar-refractivity contribution >= 4 is 34.7 Å². The van der Waals surface area contributed by atoms with Crippen molar-refractivity contribution in [2.45, 2.75) is 18.6 Å². The van der Waals surface area contributed by atoms with Gasteiger partial charge in [-0.3, -0.25) is 4.79 Å². The molecule has 4 aromatic rings. The van der Waals surface area contributed by atoms with Gasteiger partial charge in [-0.2, -0.15) is 5.10 Å². The van der Waals surface area contributed by atoms with Crippen LogP contribution >= 0.6 is 22.9 Å². The summed E-state index contributed by atoms with van der Waals surface area (Å²) in [6.07, 6.45) is 5.59. The first-order chi connectivity index (χ1) is 15.9. The van der Waals surface area contributed by atoms with Crippen molar-refractivity contribution in [1.82, 2.24) is 33.0 Å². The summed E-state index contributed by atoms with van der Waals surface area (Å²) in [6.45, 7) is 0.988. The zero-order chi connectivity index (χ0) is 23.0. The minimum absolute atomic E-state index is 0.113. The van der Waals surface area contributed by atoms with Crippen molar-refractivity contribution in [1.29, 1.82) is 0 Å². The largest absolute Gasteiger partial charge is 0.373 e. The van der Waals surface area contributed by atoms with Gasteiger partial charge in [0.25, 0.3) is 5.91 Å². The number of likely N-dealkylation sites (tertiary alicyclic amines) is 1. The Morgan fingerprint density at radius 2 is 2.00 bits per heavy atom. The lowest BCUT2D eigenvalue weighted by molar-refractivity contribution is -0.144. The van der Waals surface area contributed by atoms with Crippen LogP contribution in [-0.4, -0.2) is 57.6 Å². The van der Waals surface area contributed by atoms with Crippen molar-refractivity contribution in [3.63, 3.8) is 0 Å². The molecule has 4 aromatic heterocycles. The zero-order valence-corrected chi connectivity index (χ0v) is 19.7. The summed E-state index contributed by atoms with van der Waals surface area (Å²) in [5.74, 6) is 0.178. The molecule has 0 spiro atoms. The number of hydrogen-bond acceptors (Lipinski definition) is 9. The molecule has 1 aliphatic heterocycles. The van der Waals surface area contributed by atoms with Crippen molar-refractivity contribution in [2.75, 3.05) is 18.9 Å². The second-order valence-corrected chi connectivity index (χ2v) is 8.67. The van der Waals surface area contributed by atoms with E-state index in [1.54, 1.807) is 40.5 Å². The Hall–Kier alpha value is -3.39. The summed E-state index contributed by atoms with van der Waals surface area (Å²) < 4.78 is 7.04. The number of aliphatic hydroxyl groups is 1. The molecule has 5 rings (SSSR count). The van der Waals surface area contributed by atoms with Gasteiger partial charge >= 0.3 is 0 Å². The van der Waals surface area contributed by atoms with E-state index in [0.29, 0.717) is 41.8 Å². The van der Waals surface area contributed by atoms with Gasteiger partial charge in [0.05, 0.1) is 46.1 Å². The van der Waals surface area contributed by atoms with Crippen LogP contribution in [-0.2, 0) is 16.9 Å². The lowest BCUT2D eigenvalue weighted by atomic mass is 9.98.